The van der Waals surface area contributed by atoms with Crippen molar-refractivity contribution in [3.63, 3.8) is 0 Å². The monoisotopic (exact) mass is 222 g/mol. The zero-order chi connectivity index (χ0) is 11.8. The van der Waals surface area contributed by atoms with Gasteiger partial charge in [-0.3, -0.25) is 4.79 Å². The van der Waals surface area contributed by atoms with Crippen LogP contribution in [-0.2, 0) is 0 Å². The summed E-state index contributed by atoms with van der Waals surface area (Å²) in [6.07, 6.45) is 2.44. The molecule has 1 aromatic rings. The predicted octanol–water partition coefficient (Wildman–Crippen LogP) is 2.00. The first kappa shape index (κ1) is 11.0. The van der Waals surface area contributed by atoms with E-state index in [2.05, 4.69) is 24.1 Å². The smallest absolute Gasteiger partial charge is 0.255 e. The molecular formula is C12H15FN2O. The highest BCUT2D eigenvalue weighted by molar-refractivity contribution is 5.94. The number of nitrogens with one attached hydrogen (secondary N) is 1. The molecular weight excluding hydrogens is 207 g/mol. The molecule has 0 aromatic carbocycles. The molecule has 1 N–H and O–H groups in total. The third-order valence-electron chi connectivity index (χ3n) is 3.23. The normalized spacial score (nSPS) is 21.6. The van der Waals surface area contributed by atoms with E-state index in [4.69, 9.17) is 0 Å². The van der Waals surface area contributed by atoms with Crippen molar-refractivity contribution in [2.45, 2.75) is 20.3 Å². The molecule has 0 aliphatic heterocycles. The van der Waals surface area contributed by atoms with Crippen molar-refractivity contribution in [1.29, 1.82) is 0 Å². The molecule has 1 aliphatic rings. The molecule has 1 atom stereocenters. The number of halogens is 1. The van der Waals surface area contributed by atoms with Crippen molar-refractivity contribution in [1.82, 2.24) is 10.3 Å². The van der Waals surface area contributed by atoms with Gasteiger partial charge in [0.1, 0.15) is 0 Å². The van der Waals surface area contributed by atoms with E-state index in [1.165, 1.54) is 12.3 Å². The topological polar surface area (TPSA) is 42.0 Å². The highest BCUT2D eigenvalue weighted by Crippen LogP contribution is 2.50. The molecule has 1 saturated carbocycles. The first-order valence-electron chi connectivity index (χ1n) is 5.39. The average molecular weight is 222 g/mol. The summed E-state index contributed by atoms with van der Waals surface area (Å²) in [5.74, 6) is -0.584. The van der Waals surface area contributed by atoms with Crippen molar-refractivity contribution in [2.75, 3.05) is 6.54 Å². The van der Waals surface area contributed by atoms with Gasteiger partial charge in [0.15, 0.2) is 0 Å². The van der Waals surface area contributed by atoms with Gasteiger partial charge < -0.3 is 5.32 Å². The van der Waals surface area contributed by atoms with E-state index in [-0.39, 0.29) is 11.5 Å². The van der Waals surface area contributed by atoms with Crippen molar-refractivity contribution in [3.05, 3.63) is 29.8 Å². The van der Waals surface area contributed by atoms with Gasteiger partial charge in [0.05, 0.1) is 5.56 Å². The molecule has 0 radical (unpaired) electrons. The maximum absolute atomic E-state index is 13.2. The summed E-state index contributed by atoms with van der Waals surface area (Å²) in [7, 11) is 0. The molecule has 3 nitrogen and oxygen atoms in total. The van der Waals surface area contributed by atoms with Gasteiger partial charge in [-0.2, -0.15) is 4.39 Å². The Kier molecular flexibility index (Phi) is 2.66. The fourth-order valence-corrected chi connectivity index (χ4v) is 1.79. The van der Waals surface area contributed by atoms with Crippen LogP contribution in [0.5, 0.6) is 0 Å². The SMILES string of the molecule is CC1(C)CC1CNC(=O)c1cccnc1F. The first-order valence-corrected chi connectivity index (χ1v) is 5.39. The number of aromatic nitrogens is 1. The van der Waals surface area contributed by atoms with Gasteiger partial charge in [-0.15, -0.1) is 0 Å². The lowest BCUT2D eigenvalue weighted by molar-refractivity contribution is 0.0945. The second-order valence-electron chi connectivity index (χ2n) is 4.94. The van der Waals surface area contributed by atoms with E-state index in [9.17, 15) is 9.18 Å². The van der Waals surface area contributed by atoms with Crippen LogP contribution in [0.3, 0.4) is 0 Å². The van der Waals surface area contributed by atoms with Crippen LogP contribution in [0.25, 0.3) is 0 Å². The minimum Gasteiger partial charge on any atom is -0.352 e. The Morgan fingerprint density at radius 1 is 1.69 bits per heavy atom. The molecule has 1 fully saturated rings. The fraction of sp³-hybridized carbons (Fsp3) is 0.500. The van der Waals surface area contributed by atoms with Crippen LogP contribution in [0, 0.1) is 17.3 Å². The van der Waals surface area contributed by atoms with E-state index in [1.807, 2.05) is 0 Å². The quantitative estimate of drug-likeness (QED) is 0.795. The number of carbonyl (C=O) groups is 1. The Morgan fingerprint density at radius 3 is 2.94 bits per heavy atom. The minimum atomic E-state index is -0.713. The third kappa shape index (κ3) is 2.21. The van der Waals surface area contributed by atoms with Gasteiger partial charge >= 0.3 is 0 Å². The molecule has 1 aliphatic carbocycles. The lowest BCUT2D eigenvalue weighted by atomic mass is 10.1. The van der Waals surface area contributed by atoms with E-state index in [0.29, 0.717) is 17.9 Å². The van der Waals surface area contributed by atoms with Crippen LogP contribution in [0.4, 0.5) is 4.39 Å². The molecule has 0 bridgehead atoms. The maximum Gasteiger partial charge on any atom is 0.255 e. The molecule has 0 saturated heterocycles. The zero-order valence-corrected chi connectivity index (χ0v) is 9.46. The summed E-state index contributed by atoms with van der Waals surface area (Å²) in [6.45, 7) is 4.93. The number of amides is 1. The Morgan fingerprint density at radius 2 is 2.38 bits per heavy atom. The zero-order valence-electron chi connectivity index (χ0n) is 9.46. The number of carbonyl (C=O) groups excluding carboxylic acids is 1. The highest BCUT2D eigenvalue weighted by Gasteiger charge is 2.45. The molecule has 4 heteroatoms. The van der Waals surface area contributed by atoms with Crippen LogP contribution in [0.1, 0.15) is 30.6 Å². The predicted molar refractivity (Wildman–Crippen MR) is 58.4 cm³/mol. The summed E-state index contributed by atoms with van der Waals surface area (Å²) in [4.78, 5) is 15.1. The Hall–Kier alpha value is -1.45. The standard InChI is InChI=1S/C12H15FN2O/c1-12(2)6-8(12)7-15-11(16)9-4-3-5-14-10(9)13/h3-5,8H,6-7H2,1-2H3,(H,15,16). The molecule has 86 valence electrons. The van der Waals surface area contributed by atoms with Crippen LogP contribution in [-0.4, -0.2) is 17.4 Å². The molecule has 1 aromatic heterocycles. The highest BCUT2D eigenvalue weighted by atomic mass is 19.1. The van der Waals surface area contributed by atoms with Crippen molar-refractivity contribution in [2.24, 2.45) is 11.3 Å². The average Bonchev–Trinajstić information content (AvgIpc) is 2.84. The Bertz CT molecular complexity index is 417. The molecule has 2 rings (SSSR count). The first-order chi connectivity index (χ1) is 7.50. The lowest BCUT2D eigenvalue weighted by Gasteiger charge is -2.06. The molecule has 1 unspecified atom stereocenters. The lowest BCUT2D eigenvalue weighted by Crippen LogP contribution is -2.27. The second kappa shape index (κ2) is 3.85. The van der Waals surface area contributed by atoms with Crippen molar-refractivity contribution >= 4 is 5.91 Å². The number of hydrogen-bond acceptors (Lipinski definition) is 2. The number of rotatable bonds is 3. The van der Waals surface area contributed by atoms with Crippen LogP contribution >= 0.6 is 0 Å². The molecule has 16 heavy (non-hydrogen) atoms. The Balaban J connectivity index is 1.92. The summed E-state index contributed by atoms with van der Waals surface area (Å²) >= 11 is 0. The van der Waals surface area contributed by atoms with E-state index in [1.54, 1.807) is 6.07 Å². The summed E-state index contributed by atoms with van der Waals surface area (Å²) < 4.78 is 13.2. The van der Waals surface area contributed by atoms with Gasteiger partial charge in [0.2, 0.25) is 5.95 Å². The van der Waals surface area contributed by atoms with E-state index >= 15 is 0 Å². The summed E-state index contributed by atoms with van der Waals surface area (Å²) in [5.41, 5.74) is 0.335. The van der Waals surface area contributed by atoms with E-state index < -0.39 is 5.95 Å². The number of nitrogens with zero attached hydrogens (tertiary/aromatic N) is 1. The van der Waals surface area contributed by atoms with Crippen molar-refractivity contribution in [3.8, 4) is 0 Å². The molecule has 1 amide bonds. The van der Waals surface area contributed by atoms with Gasteiger partial charge in [-0.05, 0) is 29.9 Å². The van der Waals surface area contributed by atoms with Gasteiger partial charge in [0.25, 0.3) is 5.91 Å². The van der Waals surface area contributed by atoms with Crippen LogP contribution in [0.2, 0.25) is 0 Å². The van der Waals surface area contributed by atoms with Gasteiger partial charge in [-0.25, -0.2) is 4.98 Å². The fourth-order valence-electron chi connectivity index (χ4n) is 1.79. The van der Waals surface area contributed by atoms with Crippen molar-refractivity contribution < 1.29 is 9.18 Å². The minimum absolute atomic E-state index is 0.0148. The van der Waals surface area contributed by atoms with E-state index in [0.717, 1.165) is 6.42 Å². The van der Waals surface area contributed by atoms with Crippen LogP contribution in [0.15, 0.2) is 18.3 Å². The molecule has 1 heterocycles. The number of pyridine rings is 1. The van der Waals surface area contributed by atoms with Gasteiger partial charge in [-0.1, -0.05) is 13.8 Å². The number of hydrogen-bond donors (Lipinski definition) is 1. The second-order valence-corrected chi connectivity index (χ2v) is 4.94. The Labute approximate surface area is 94.1 Å². The third-order valence-corrected chi connectivity index (χ3v) is 3.23. The summed E-state index contributed by atoms with van der Waals surface area (Å²) in [6, 6.07) is 2.99. The van der Waals surface area contributed by atoms with Gasteiger partial charge in [0, 0.05) is 12.7 Å². The maximum atomic E-state index is 13.2. The largest absolute Gasteiger partial charge is 0.352 e. The summed E-state index contributed by atoms with van der Waals surface area (Å²) in [5, 5.41) is 2.74. The van der Waals surface area contributed by atoms with Crippen LogP contribution < -0.4 is 5.32 Å². The molecule has 0 spiro atoms.